The third-order valence-electron chi connectivity index (χ3n) is 1.91. The Morgan fingerprint density at radius 2 is 2.07 bits per heavy atom. The molecule has 1 atom stereocenters. The number of hydrogen-bond donors (Lipinski definition) is 1. The van der Waals surface area contributed by atoms with Crippen molar-refractivity contribution < 1.29 is 19.4 Å². The van der Waals surface area contributed by atoms with Crippen LogP contribution in [0.1, 0.15) is 32.6 Å². The van der Waals surface area contributed by atoms with Crippen molar-refractivity contribution in [2.24, 2.45) is 0 Å². The Bertz CT molecular complexity index is 147. The van der Waals surface area contributed by atoms with Gasteiger partial charge in [0.2, 0.25) is 0 Å². The quantitative estimate of drug-likeness (QED) is 0.580. The third kappa shape index (κ3) is 6.86. The molecule has 0 aliphatic heterocycles. The van der Waals surface area contributed by atoms with Crippen LogP contribution in [0.15, 0.2) is 0 Å². The van der Waals surface area contributed by atoms with E-state index in [4.69, 9.17) is 14.6 Å². The maximum atomic E-state index is 10.7. The van der Waals surface area contributed by atoms with Gasteiger partial charge in [-0.3, -0.25) is 0 Å². The highest BCUT2D eigenvalue weighted by molar-refractivity contribution is 5.72. The van der Waals surface area contributed by atoms with Crippen LogP contribution in [-0.2, 0) is 14.3 Å². The number of hydrogen-bond acceptors (Lipinski definition) is 3. The standard InChI is InChI=1S/C10H20O4/c1-3-4-6-9(10(11)12)14-8-5-7-13-2/h9H,3-8H2,1-2H3,(H,11,12). The summed E-state index contributed by atoms with van der Waals surface area (Å²) in [7, 11) is 1.62. The van der Waals surface area contributed by atoms with E-state index in [0.717, 1.165) is 19.3 Å². The molecule has 14 heavy (non-hydrogen) atoms. The first-order chi connectivity index (χ1) is 6.72. The summed E-state index contributed by atoms with van der Waals surface area (Å²) in [5, 5.41) is 8.80. The highest BCUT2D eigenvalue weighted by atomic mass is 16.5. The highest BCUT2D eigenvalue weighted by Gasteiger charge is 2.16. The first-order valence-electron chi connectivity index (χ1n) is 5.05. The van der Waals surface area contributed by atoms with Crippen LogP contribution in [0.4, 0.5) is 0 Å². The second kappa shape index (κ2) is 8.97. The van der Waals surface area contributed by atoms with Gasteiger partial charge in [0.15, 0.2) is 6.10 Å². The molecule has 0 aromatic rings. The Kier molecular flexibility index (Phi) is 8.57. The van der Waals surface area contributed by atoms with E-state index in [1.165, 1.54) is 0 Å². The zero-order chi connectivity index (χ0) is 10.8. The van der Waals surface area contributed by atoms with Gasteiger partial charge in [-0.15, -0.1) is 0 Å². The zero-order valence-electron chi connectivity index (χ0n) is 8.99. The largest absolute Gasteiger partial charge is 0.479 e. The van der Waals surface area contributed by atoms with Gasteiger partial charge in [0, 0.05) is 20.3 Å². The molecule has 0 aliphatic rings. The van der Waals surface area contributed by atoms with Crippen LogP contribution in [0.25, 0.3) is 0 Å². The fourth-order valence-corrected chi connectivity index (χ4v) is 1.10. The zero-order valence-corrected chi connectivity index (χ0v) is 8.99. The maximum Gasteiger partial charge on any atom is 0.332 e. The Morgan fingerprint density at radius 3 is 2.57 bits per heavy atom. The molecule has 4 heteroatoms. The Balaban J connectivity index is 3.57. The molecule has 0 spiro atoms. The van der Waals surface area contributed by atoms with E-state index in [1.807, 2.05) is 6.92 Å². The number of methoxy groups -OCH3 is 1. The molecule has 4 nitrogen and oxygen atoms in total. The lowest BCUT2D eigenvalue weighted by Gasteiger charge is -2.12. The van der Waals surface area contributed by atoms with Crippen molar-refractivity contribution in [3.63, 3.8) is 0 Å². The molecule has 1 N–H and O–H groups in total. The number of carboxylic acids is 1. The molecule has 0 aromatic carbocycles. The minimum absolute atomic E-state index is 0.453. The molecule has 0 saturated carbocycles. The minimum atomic E-state index is -0.865. The number of aliphatic carboxylic acids is 1. The van der Waals surface area contributed by atoms with E-state index in [0.29, 0.717) is 19.6 Å². The molecule has 0 aromatic heterocycles. The van der Waals surface area contributed by atoms with Crippen molar-refractivity contribution >= 4 is 5.97 Å². The fourth-order valence-electron chi connectivity index (χ4n) is 1.10. The average Bonchev–Trinajstić information content (AvgIpc) is 2.16. The summed E-state index contributed by atoms with van der Waals surface area (Å²) in [5.74, 6) is -0.865. The van der Waals surface area contributed by atoms with Crippen LogP contribution in [0.2, 0.25) is 0 Å². The van der Waals surface area contributed by atoms with Crippen LogP contribution >= 0.6 is 0 Å². The topological polar surface area (TPSA) is 55.8 Å². The molecule has 0 amide bonds. The number of ether oxygens (including phenoxy) is 2. The van der Waals surface area contributed by atoms with Gasteiger partial charge in [-0.1, -0.05) is 19.8 Å². The van der Waals surface area contributed by atoms with Crippen molar-refractivity contribution in [2.45, 2.75) is 38.7 Å². The molecule has 1 unspecified atom stereocenters. The molecule has 84 valence electrons. The number of carboxylic acid groups (broad SMARTS) is 1. The van der Waals surface area contributed by atoms with Crippen molar-refractivity contribution in [2.75, 3.05) is 20.3 Å². The molecule has 0 radical (unpaired) electrons. The van der Waals surface area contributed by atoms with E-state index >= 15 is 0 Å². The highest BCUT2D eigenvalue weighted by Crippen LogP contribution is 2.05. The Hall–Kier alpha value is -0.610. The lowest BCUT2D eigenvalue weighted by molar-refractivity contribution is -0.151. The van der Waals surface area contributed by atoms with E-state index in [9.17, 15) is 4.79 Å². The van der Waals surface area contributed by atoms with E-state index in [2.05, 4.69) is 0 Å². The molecule has 0 rings (SSSR count). The van der Waals surface area contributed by atoms with Gasteiger partial charge < -0.3 is 14.6 Å². The lowest BCUT2D eigenvalue weighted by atomic mass is 10.1. The van der Waals surface area contributed by atoms with Crippen LogP contribution < -0.4 is 0 Å². The Morgan fingerprint density at radius 1 is 1.36 bits per heavy atom. The summed E-state index contributed by atoms with van der Waals surface area (Å²) < 4.78 is 10.1. The van der Waals surface area contributed by atoms with Gasteiger partial charge in [-0.2, -0.15) is 0 Å². The average molecular weight is 204 g/mol. The number of rotatable bonds is 9. The normalized spacial score (nSPS) is 12.7. The summed E-state index contributed by atoms with van der Waals surface area (Å²) in [6.45, 7) is 3.10. The summed E-state index contributed by atoms with van der Waals surface area (Å²) in [6, 6.07) is 0. The molecule has 0 fully saturated rings. The number of unbranched alkanes of at least 4 members (excludes halogenated alkanes) is 1. The van der Waals surface area contributed by atoms with Crippen molar-refractivity contribution in [1.29, 1.82) is 0 Å². The third-order valence-corrected chi connectivity index (χ3v) is 1.91. The predicted molar refractivity (Wildman–Crippen MR) is 53.4 cm³/mol. The molecule has 0 saturated heterocycles. The lowest BCUT2D eigenvalue weighted by Crippen LogP contribution is -2.24. The minimum Gasteiger partial charge on any atom is -0.479 e. The van der Waals surface area contributed by atoms with Gasteiger partial charge >= 0.3 is 5.97 Å². The van der Waals surface area contributed by atoms with Crippen molar-refractivity contribution in [1.82, 2.24) is 0 Å². The smallest absolute Gasteiger partial charge is 0.332 e. The van der Waals surface area contributed by atoms with Gasteiger partial charge in [0.25, 0.3) is 0 Å². The van der Waals surface area contributed by atoms with Gasteiger partial charge in [-0.25, -0.2) is 4.79 Å². The van der Waals surface area contributed by atoms with Gasteiger partial charge in [0.1, 0.15) is 0 Å². The summed E-state index contributed by atoms with van der Waals surface area (Å²) in [6.07, 6.45) is 2.57. The molecule has 0 aliphatic carbocycles. The second-order valence-electron chi connectivity index (χ2n) is 3.19. The van der Waals surface area contributed by atoms with Gasteiger partial charge in [-0.05, 0) is 12.8 Å². The van der Waals surface area contributed by atoms with Crippen molar-refractivity contribution in [3.05, 3.63) is 0 Å². The first kappa shape index (κ1) is 13.4. The second-order valence-corrected chi connectivity index (χ2v) is 3.19. The van der Waals surface area contributed by atoms with E-state index in [-0.39, 0.29) is 0 Å². The van der Waals surface area contributed by atoms with Crippen LogP contribution in [-0.4, -0.2) is 37.5 Å². The summed E-state index contributed by atoms with van der Waals surface area (Å²) >= 11 is 0. The Labute approximate surface area is 85.2 Å². The van der Waals surface area contributed by atoms with E-state index < -0.39 is 12.1 Å². The van der Waals surface area contributed by atoms with Crippen LogP contribution in [0.5, 0.6) is 0 Å². The van der Waals surface area contributed by atoms with Gasteiger partial charge in [0.05, 0.1) is 0 Å². The summed E-state index contributed by atoms with van der Waals surface area (Å²) in [5.41, 5.74) is 0. The van der Waals surface area contributed by atoms with Crippen LogP contribution in [0.3, 0.4) is 0 Å². The SMILES string of the molecule is CCCCC(OCCCOC)C(=O)O. The molecule has 0 bridgehead atoms. The number of carbonyl (C=O) groups is 1. The summed E-state index contributed by atoms with van der Waals surface area (Å²) in [4.78, 5) is 10.7. The maximum absolute atomic E-state index is 10.7. The molecular formula is C10H20O4. The fraction of sp³-hybridized carbons (Fsp3) is 0.900. The van der Waals surface area contributed by atoms with Crippen LogP contribution in [0, 0.1) is 0 Å². The van der Waals surface area contributed by atoms with Crippen molar-refractivity contribution in [3.8, 4) is 0 Å². The van der Waals surface area contributed by atoms with E-state index in [1.54, 1.807) is 7.11 Å². The molecular weight excluding hydrogens is 184 g/mol. The predicted octanol–water partition coefficient (Wildman–Crippen LogP) is 1.68. The monoisotopic (exact) mass is 204 g/mol. The molecule has 0 heterocycles. The first-order valence-corrected chi connectivity index (χ1v) is 5.05.